The molecule has 1 aromatic heterocycles. The molecule has 0 amide bonds. The number of carbonyl (C=O) groups is 1. The molecule has 3 rings (SSSR count). The number of methoxy groups -OCH3 is 1. The molecule has 1 heterocycles. The first kappa shape index (κ1) is 14.4. The second-order valence-corrected chi connectivity index (χ2v) is 4.91. The molecular formula is C18H16O4. The Morgan fingerprint density at radius 2 is 1.91 bits per heavy atom. The Morgan fingerprint density at radius 3 is 2.68 bits per heavy atom. The largest absolute Gasteiger partial charge is 0.463 e. The highest BCUT2D eigenvalue weighted by Gasteiger charge is 2.14. The number of furan rings is 1. The standard InChI is InChI=1S/C18H16O4/c1-20-12-22-17(19)10-14-8-5-9-15-16(11-21-18(14)15)13-6-3-2-4-7-13/h2-9,11H,10,12H2,1H3. The Morgan fingerprint density at radius 1 is 1.09 bits per heavy atom. The van der Waals surface area contributed by atoms with E-state index >= 15 is 0 Å². The maximum absolute atomic E-state index is 11.7. The molecule has 4 heteroatoms. The van der Waals surface area contributed by atoms with Crippen molar-refractivity contribution in [2.45, 2.75) is 6.42 Å². The van der Waals surface area contributed by atoms with Crippen molar-refractivity contribution in [1.29, 1.82) is 0 Å². The minimum atomic E-state index is -0.341. The van der Waals surface area contributed by atoms with Crippen LogP contribution in [0, 0.1) is 0 Å². The van der Waals surface area contributed by atoms with Crippen molar-refractivity contribution in [2.75, 3.05) is 13.9 Å². The first-order valence-corrected chi connectivity index (χ1v) is 6.98. The number of para-hydroxylation sites is 1. The van der Waals surface area contributed by atoms with Crippen molar-refractivity contribution in [2.24, 2.45) is 0 Å². The molecule has 0 saturated carbocycles. The summed E-state index contributed by atoms with van der Waals surface area (Å²) in [6.07, 6.45) is 1.88. The van der Waals surface area contributed by atoms with Gasteiger partial charge in [0, 0.05) is 23.6 Å². The molecule has 4 nitrogen and oxygen atoms in total. The lowest BCUT2D eigenvalue weighted by Crippen LogP contribution is -2.09. The van der Waals surface area contributed by atoms with Crippen LogP contribution in [0.2, 0.25) is 0 Å². The van der Waals surface area contributed by atoms with E-state index in [1.54, 1.807) is 6.26 Å². The van der Waals surface area contributed by atoms with Gasteiger partial charge in [0.05, 0.1) is 12.7 Å². The van der Waals surface area contributed by atoms with Crippen molar-refractivity contribution in [3.8, 4) is 11.1 Å². The normalized spacial score (nSPS) is 10.8. The number of esters is 1. The maximum Gasteiger partial charge on any atom is 0.312 e. The van der Waals surface area contributed by atoms with Gasteiger partial charge in [-0.2, -0.15) is 0 Å². The molecule has 0 spiro atoms. The van der Waals surface area contributed by atoms with Gasteiger partial charge >= 0.3 is 5.97 Å². The van der Waals surface area contributed by atoms with Crippen molar-refractivity contribution in [1.82, 2.24) is 0 Å². The highest BCUT2D eigenvalue weighted by Crippen LogP contribution is 2.32. The average molecular weight is 296 g/mol. The van der Waals surface area contributed by atoms with Crippen molar-refractivity contribution in [3.63, 3.8) is 0 Å². The van der Waals surface area contributed by atoms with Gasteiger partial charge in [-0.25, -0.2) is 0 Å². The van der Waals surface area contributed by atoms with E-state index in [1.165, 1.54) is 7.11 Å². The van der Waals surface area contributed by atoms with E-state index in [9.17, 15) is 4.79 Å². The fourth-order valence-electron chi connectivity index (χ4n) is 2.43. The molecule has 0 atom stereocenters. The van der Waals surface area contributed by atoms with Crippen LogP contribution in [0.5, 0.6) is 0 Å². The van der Waals surface area contributed by atoms with Crippen LogP contribution in [0.3, 0.4) is 0 Å². The lowest BCUT2D eigenvalue weighted by molar-refractivity contribution is -0.153. The Hall–Kier alpha value is -2.59. The van der Waals surface area contributed by atoms with Crippen molar-refractivity contribution in [3.05, 3.63) is 60.4 Å². The number of ether oxygens (including phenoxy) is 2. The quantitative estimate of drug-likeness (QED) is 0.531. The topological polar surface area (TPSA) is 48.7 Å². The van der Waals surface area contributed by atoms with Gasteiger partial charge in [0.25, 0.3) is 0 Å². The third-order valence-electron chi connectivity index (χ3n) is 3.44. The SMILES string of the molecule is COCOC(=O)Cc1cccc2c(-c3ccccc3)coc12. The summed E-state index contributed by atoms with van der Waals surface area (Å²) in [4.78, 5) is 11.7. The molecule has 0 N–H and O–H groups in total. The summed E-state index contributed by atoms with van der Waals surface area (Å²) in [5.41, 5.74) is 3.62. The zero-order chi connectivity index (χ0) is 15.4. The highest BCUT2D eigenvalue weighted by molar-refractivity contribution is 5.96. The molecule has 0 unspecified atom stereocenters. The Kier molecular flexibility index (Phi) is 4.21. The molecule has 0 saturated heterocycles. The summed E-state index contributed by atoms with van der Waals surface area (Å²) in [6, 6.07) is 15.8. The molecule has 3 aromatic rings. The minimum absolute atomic E-state index is 0.0395. The second-order valence-electron chi connectivity index (χ2n) is 4.91. The molecule has 0 bridgehead atoms. The Balaban J connectivity index is 1.94. The molecule has 0 radical (unpaired) electrons. The van der Waals surface area contributed by atoms with Gasteiger partial charge in [-0.15, -0.1) is 0 Å². The van der Waals surface area contributed by atoms with E-state index in [4.69, 9.17) is 13.9 Å². The predicted molar refractivity (Wildman–Crippen MR) is 83.3 cm³/mol. The summed E-state index contributed by atoms with van der Waals surface area (Å²) in [7, 11) is 1.48. The van der Waals surface area contributed by atoms with Crippen LogP contribution in [0.25, 0.3) is 22.1 Å². The van der Waals surface area contributed by atoms with Gasteiger partial charge in [-0.3, -0.25) is 4.79 Å². The number of fused-ring (bicyclic) bond motifs is 1. The first-order valence-electron chi connectivity index (χ1n) is 6.98. The lowest BCUT2D eigenvalue weighted by atomic mass is 10.0. The fourth-order valence-corrected chi connectivity index (χ4v) is 2.43. The molecule has 0 aliphatic heterocycles. The lowest BCUT2D eigenvalue weighted by Gasteiger charge is -2.04. The third-order valence-corrected chi connectivity index (χ3v) is 3.44. The molecule has 112 valence electrons. The van der Waals surface area contributed by atoms with Gasteiger partial charge in [0.1, 0.15) is 5.58 Å². The number of hydrogen-bond acceptors (Lipinski definition) is 4. The smallest absolute Gasteiger partial charge is 0.312 e. The average Bonchev–Trinajstić information content (AvgIpc) is 2.99. The zero-order valence-corrected chi connectivity index (χ0v) is 12.2. The van der Waals surface area contributed by atoms with Crippen LogP contribution >= 0.6 is 0 Å². The molecule has 22 heavy (non-hydrogen) atoms. The van der Waals surface area contributed by atoms with E-state index in [0.717, 1.165) is 27.7 Å². The van der Waals surface area contributed by atoms with Crippen LogP contribution in [-0.2, 0) is 20.7 Å². The molecular weight excluding hydrogens is 280 g/mol. The van der Waals surface area contributed by atoms with Crippen LogP contribution < -0.4 is 0 Å². The van der Waals surface area contributed by atoms with E-state index in [0.29, 0.717) is 0 Å². The number of carbonyl (C=O) groups excluding carboxylic acids is 1. The van der Waals surface area contributed by atoms with Gasteiger partial charge in [0.15, 0.2) is 6.79 Å². The predicted octanol–water partition coefficient (Wildman–Crippen LogP) is 3.79. The van der Waals surface area contributed by atoms with Crippen molar-refractivity contribution >= 4 is 16.9 Å². The zero-order valence-electron chi connectivity index (χ0n) is 12.2. The summed E-state index contributed by atoms with van der Waals surface area (Å²) in [5.74, 6) is -0.341. The van der Waals surface area contributed by atoms with E-state index < -0.39 is 0 Å². The summed E-state index contributed by atoms with van der Waals surface area (Å²) >= 11 is 0. The Labute approximate surface area is 128 Å². The number of hydrogen-bond donors (Lipinski definition) is 0. The van der Waals surface area contributed by atoms with Crippen LogP contribution in [0.15, 0.2) is 59.2 Å². The highest BCUT2D eigenvalue weighted by atomic mass is 16.7. The third kappa shape index (κ3) is 2.87. The minimum Gasteiger partial charge on any atom is -0.463 e. The van der Waals surface area contributed by atoms with E-state index in [2.05, 4.69) is 0 Å². The monoisotopic (exact) mass is 296 g/mol. The molecule has 0 fully saturated rings. The van der Waals surface area contributed by atoms with Gasteiger partial charge in [-0.1, -0.05) is 48.5 Å². The van der Waals surface area contributed by atoms with E-state index in [-0.39, 0.29) is 19.2 Å². The van der Waals surface area contributed by atoms with Crippen molar-refractivity contribution < 1.29 is 18.7 Å². The number of benzene rings is 2. The Bertz CT molecular complexity index is 774. The summed E-state index contributed by atoms with van der Waals surface area (Å²) in [6.45, 7) is -0.0395. The van der Waals surface area contributed by atoms with Crippen LogP contribution in [-0.4, -0.2) is 19.9 Å². The molecule has 2 aromatic carbocycles. The molecule has 0 aliphatic rings. The first-order chi connectivity index (χ1) is 10.8. The molecule has 0 aliphatic carbocycles. The van der Waals surface area contributed by atoms with E-state index in [1.807, 2.05) is 48.5 Å². The van der Waals surface area contributed by atoms with Crippen LogP contribution in [0.4, 0.5) is 0 Å². The van der Waals surface area contributed by atoms with Crippen LogP contribution in [0.1, 0.15) is 5.56 Å². The maximum atomic E-state index is 11.7. The summed E-state index contributed by atoms with van der Waals surface area (Å²) in [5, 5.41) is 0.989. The van der Waals surface area contributed by atoms with Gasteiger partial charge in [-0.05, 0) is 5.56 Å². The van der Waals surface area contributed by atoms with Gasteiger partial charge in [0.2, 0.25) is 0 Å². The summed E-state index contributed by atoms with van der Waals surface area (Å²) < 4.78 is 15.4. The van der Waals surface area contributed by atoms with Gasteiger partial charge < -0.3 is 13.9 Å². The second kappa shape index (κ2) is 6.45. The fraction of sp³-hybridized carbons (Fsp3) is 0.167. The number of rotatable bonds is 5.